The largest absolute Gasteiger partial charge is 0.293 e. The first-order valence-electron chi connectivity index (χ1n) is 7.17. The van der Waals surface area contributed by atoms with Crippen molar-refractivity contribution < 1.29 is 0 Å². The molecule has 2 aromatic rings. The highest BCUT2D eigenvalue weighted by molar-refractivity contribution is 5.32. The Kier molecular flexibility index (Phi) is 5.41. The van der Waals surface area contributed by atoms with Crippen LogP contribution in [0.25, 0.3) is 0 Å². The van der Waals surface area contributed by atoms with Gasteiger partial charge >= 0.3 is 0 Å². The van der Waals surface area contributed by atoms with Crippen LogP contribution in [0.5, 0.6) is 0 Å². The van der Waals surface area contributed by atoms with Crippen LogP contribution in [-0.4, -0.2) is 6.04 Å². The normalized spacial score (nSPS) is 12.1. The molecule has 2 aromatic carbocycles. The maximum atomic E-state index is 5.65. The molecule has 1 nitrogen and oxygen atoms in total. The van der Waals surface area contributed by atoms with Gasteiger partial charge in [0.25, 0.3) is 0 Å². The first kappa shape index (κ1) is 14.4. The molecule has 1 unspecified atom stereocenters. The molecule has 0 radical (unpaired) electrons. The number of terminal acetylenes is 1. The van der Waals surface area contributed by atoms with Crippen molar-refractivity contribution in [3.8, 4) is 12.3 Å². The van der Waals surface area contributed by atoms with Crippen LogP contribution in [-0.2, 0) is 0 Å². The average Bonchev–Trinajstić information content (AvgIpc) is 2.53. The Bertz CT molecular complexity index is 499. The second-order valence-corrected chi connectivity index (χ2v) is 4.93. The zero-order valence-electron chi connectivity index (χ0n) is 11.9. The van der Waals surface area contributed by atoms with E-state index in [9.17, 15) is 0 Å². The van der Waals surface area contributed by atoms with E-state index in [4.69, 9.17) is 6.42 Å². The lowest BCUT2D eigenvalue weighted by Gasteiger charge is -2.23. The second kappa shape index (κ2) is 7.53. The molecule has 0 spiro atoms. The monoisotopic (exact) mass is 263 g/mol. The van der Waals surface area contributed by atoms with Crippen LogP contribution in [0.15, 0.2) is 60.7 Å². The molecule has 0 saturated carbocycles. The van der Waals surface area contributed by atoms with Crippen LogP contribution < -0.4 is 5.32 Å². The van der Waals surface area contributed by atoms with Gasteiger partial charge in [-0.1, -0.05) is 79.9 Å². The fourth-order valence-corrected chi connectivity index (χ4v) is 2.38. The van der Waals surface area contributed by atoms with E-state index in [1.807, 2.05) is 12.1 Å². The van der Waals surface area contributed by atoms with E-state index in [0.717, 1.165) is 12.8 Å². The Labute approximate surface area is 122 Å². The van der Waals surface area contributed by atoms with Crippen molar-refractivity contribution >= 4 is 0 Å². The number of nitrogens with one attached hydrogen (secondary N) is 1. The van der Waals surface area contributed by atoms with E-state index < -0.39 is 0 Å². The lowest BCUT2D eigenvalue weighted by atomic mass is 9.97. The summed E-state index contributed by atoms with van der Waals surface area (Å²) in [5, 5.41) is 3.60. The molecule has 0 aliphatic rings. The van der Waals surface area contributed by atoms with Gasteiger partial charge in [-0.25, -0.2) is 0 Å². The summed E-state index contributed by atoms with van der Waals surface area (Å²) >= 11 is 0. The molecule has 1 heteroatoms. The van der Waals surface area contributed by atoms with Crippen molar-refractivity contribution in [2.45, 2.75) is 31.8 Å². The van der Waals surface area contributed by atoms with E-state index in [2.05, 4.69) is 66.7 Å². The van der Waals surface area contributed by atoms with Gasteiger partial charge in [-0.05, 0) is 17.5 Å². The maximum absolute atomic E-state index is 5.65. The molecule has 20 heavy (non-hydrogen) atoms. The molecule has 1 N–H and O–H groups in total. The Hall–Kier alpha value is -2.04. The summed E-state index contributed by atoms with van der Waals surface area (Å²) < 4.78 is 0. The molecule has 2 rings (SSSR count). The molecule has 0 aromatic heterocycles. The molecule has 102 valence electrons. The topological polar surface area (TPSA) is 12.0 Å². The Balaban J connectivity index is 2.28. The standard InChI is InChI=1S/C19H21N/c1-3-11-18(4-2)20-19(16-12-7-5-8-13-16)17-14-9-6-10-15-17/h2,5-10,12-15,18-20H,3,11H2,1H3. The third kappa shape index (κ3) is 3.73. The van der Waals surface area contributed by atoms with Crippen molar-refractivity contribution in [3.63, 3.8) is 0 Å². The molecular formula is C19H21N. The van der Waals surface area contributed by atoms with Gasteiger partial charge in [0.2, 0.25) is 0 Å². The lowest BCUT2D eigenvalue weighted by Crippen LogP contribution is -2.32. The minimum atomic E-state index is 0.102. The fraction of sp³-hybridized carbons (Fsp3) is 0.263. The van der Waals surface area contributed by atoms with Gasteiger partial charge in [0.15, 0.2) is 0 Å². The molecule has 0 saturated heterocycles. The van der Waals surface area contributed by atoms with Crippen molar-refractivity contribution in [2.24, 2.45) is 0 Å². The minimum absolute atomic E-state index is 0.102. The summed E-state index contributed by atoms with van der Waals surface area (Å²) in [4.78, 5) is 0. The van der Waals surface area contributed by atoms with Crippen LogP contribution in [0, 0.1) is 12.3 Å². The fourth-order valence-electron chi connectivity index (χ4n) is 2.38. The highest BCUT2D eigenvalue weighted by atomic mass is 14.9. The van der Waals surface area contributed by atoms with E-state index >= 15 is 0 Å². The maximum Gasteiger partial charge on any atom is 0.0694 e. The first-order valence-corrected chi connectivity index (χ1v) is 7.17. The Morgan fingerprint density at radius 2 is 1.45 bits per heavy atom. The van der Waals surface area contributed by atoms with Gasteiger partial charge in [-0.15, -0.1) is 6.42 Å². The summed E-state index contributed by atoms with van der Waals surface area (Å²) in [5.74, 6) is 2.86. The van der Waals surface area contributed by atoms with Crippen LogP contribution in [0.2, 0.25) is 0 Å². The molecule has 1 atom stereocenters. The molecule has 0 heterocycles. The van der Waals surface area contributed by atoms with Crippen LogP contribution in [0.1, 0.15) is 36.9 Å². The predicted octanol–water partition coefficient (Wildman–Crippen LogP) is 4.17. The number of benzene rings is 2. The number of rotatable bonds is 6. The average molecular weight is 263 g/mol. The molecule has 0 fully saturated rings. The third-order valence-corrected chi connectivity index (χ3v) is 3.41. The van der Waals surface area contributed by atoms with E-state index in [0.29, 0.717) is 0 Å². The summed E-state index contributed by atoms with van der Waals surface area (Å²) in [6, 6.07) is 21.2. The van der Waals surface area contributed by atoms with E-state index in [-0.39, 0.29) is 12.1 Å². The van der Waals surface area contributed by atoms with E-state index in [1.54, 1.807) is 0 Å². The van der Waals surface area contributed by atoms with Crippen LogP contribution >= 0.6 is 0 Å². The van der Waals surface area contributed by atoms with E-state index in [1.165, 1.54) is 11.1 Å². The Morgan fingerprint density at radius 3 is 1.85 bits per heavy atom. The first-order chi connectivity index (χ1) is 9.85. The predicted molar refractivity (Wildman–Crippen MR) is 85.4 cm³/mol. The van der Waals surface area contributed by atoms with Crippen molar-refractivity contribution in [2.75, 3.05) is 0 Å². The van der Waals surface area contributed by atoms with Crippen molar-refractivity contribution in [3.05, 3.63) is 71.8 Å². The van der Waals surface area contributed by atoms with Gasteiger partial charge in [0, 0.05) is 0 Å². The molecule has 0 aliphatic heterocycles. The second-order valence-electron chi connectivity index (χ2n) is 4.93. The Morgan fingerprint density at radius 1 is 0.950 bits per heavy atom. The van der Waals surface area contributed by atoms with Gasteiger partial charge in [0.1, 0.15) is 0 Å². The van der Waals surface area contributed by atoms with Gasteiger partial charge < -0.3 is 0 Å². The highest BCUT2D eigenvalue weighted by Gasteiger charge is 2.16. The summed E-state index contributed by atoms with van der Waals surface area (Å²) in [7, 11) is 0. The lowest BCUT2D eigenvalue weighted by molar-refractivity contribution is 0.514. The molecule has 0 amide bonds. The summed E-state index contributed by atoms with van der Waals surface area (Å²) in [5.41, 5.74) is 2.49. The molecular weight excluding hydrogens is 242 g/mol. The smallest absolute Gasteiger partial charge is 0.0694 e. The van der Waals surface area contributed by atoms with Crippen molar-refractivity contribution in [1.82, 2.24) is 5.32 Å². The minimum Gasteiger partial charge on any atom is -0.293 e. The highest BCUT2D eigenvalue weighted by Crippen LogP contribution is 2.22. The third-order valence-electron chi connectivity index (χ3n) is 3.41. The molecule has 0 bridgehead atoms. The van der Waals surface area contributed by atoms with Crippen molar-refractivity contribution in [1.29, 1.82) is 0 Å². The quantitative estimate of drug-likeness (QED) is 0.771. The SMILES string of the molecule is C#CC(CCC)NC(c1ccccc1)c1ccccc1. The summed E-state index contributed by atoms with van der Waals surface area (Å²) in [6.07, 6.45) is 7.73. The number of hydrogen-bond acceptors (Lipinski definition) is 1. The van der Waals surface area contributed by atoms with Gasteiger partial charge in [-0.2, -0.15) is 0 Å². The van der Waals surface area contributed by atoms with Gasteiger partial charge in [-0.3, -0.25) is 5.32 Å². The van der Waals surface area contributed by atoms with Gasteiger partial charge in [0.05, 0.1) is 12.1 Å². The zero-order valence-corrected chi connectivity index (χ0v) is 11.9. The number of hydrogen-bond donors (Lipinski definition) is 1. The zero-order chi connectivity index (χ0) is 14.2. The van der Waals surface area contributed by atoms with Crippen LogP contribution in [0.4, 0.5) is 0 Å². The molecule has 0 aliphatic carbocycles. The summed E-state index contributed by atoms with van der Waals surface area (Å²) in [6.45, 7) is 2.16. The van der Waals surface area contributed by atoms with Crippen LogP contribution in [0.3, 0.4) is 0 Å².